The highest BCUT2D eigenvalue weighted by molar-refractivity contribution is 5.20. The predicted molar refractivity (Wildman–Crippen MR) is 222 cm³/mol. The molecule has 0 amide bonds. The van der Waals surface area contributed by atoms with Crippen molar-refractivity contribution in [2.45, 2.75) is 88.5 Å². The van der Waals surface area contributed by atoms with Gasteiger partial charge in [0.1, 0.15) is 17.2 Å². The van der Waals surface area contributed by atoms with E-state index >= 15 is 0 Å². The molecule has 5 rings (SSSR count). The molecular weight excluding hydrogens is 620 g/mol. The van der Waals surface area contributed by atoms with Gasteiger partial charge in [0.05, 0.1) is 0 Å². The molecule has 50 heavy (non-hydrogen) atoms. The van der Waals surface area contributed by atoms with Gasteiger partial charge in [0, 0.05) is 14.2 Å². The van der Waals surface area contributed by atoms with Crippen molar-refractivity contribution in [1.29, 1.82) is 0 Å². The molecule has 0 radical (unpaired) electrons. The number of phenolic OH excluding ortho intramolecular Hbond substituents is 3. The fraction of sp³-hybridized carbons (Fsp3) is 0.333. The Morgan fingerprint density at radius 3 is 0.520 bits per heavy atom. The van der Waals surface area contributed by atoms with Gasteiger partial charge in [-0.15, -0.1) is 0 Å². The smallest absolute Gasteiger partial charge is 0.115 e. The van der Waals surface area contributed by atoms with E-state index in [1.54, 1.807) is 72.8 Å². The quantitative estimate of drug-likeness (QED) is 0.127. The van der Waals surface area contributed by atoms with E-state index in [0.717, 1.165) is 14.2 Å². The van der Waals surface area contributed by atoms with Crippen molar-refractivity contribution in [3.8, 4) is 17.2 Å². The van der Waals surface area contributed by atoms with Crippen molar-refractivity contribution in [1.82, 2.24) is 0 Å². The lowest BCUT2D eigenvalue weighted by molar-refractivity contribution is 0.399. The Bertz CT molecular complexity index is 1070. The first-order valence-electron chi connectivity index (χ1n) is 17.0. The number of aliphatic hydroxyl groups is 2. The van der Waals surface area contributed by atoms with Crippen LogP contribution in [0.4, 0.5) is 0 Å². The SMILES string of the molecule is C.CC.CC.CC.CC(C)c1ccccc1.CC(C)c1ccccc1.CO.CO.Oc1ccccc1.Oc1ccccc1.Oc1ccccc1. The molecule has 5 N–H and O–H groups in total. The molecule has 0 saturated carbocycles. The predicted octanol–water partition coefficient (Wildman–Crippen LogP) is 12.7. The van der Waals surface area contributed by atoms with Crippen molar-refractivity contribution in [3.05, 3.63) is 163 Å². The molecule has 0 fully saturated rings. The Morgan fingerprint density at radius 1 is 0.300 bits per heavy atom. The molecule has 5 aromatic rings. The van der Waals surface area contributed by atoms with Crippen LogP contribution in [0.3, 0.4) is 0 Å². The third-order valence-corrected chi connectivity index (χ3v) is 5.20. The standard InChI is InChI=1S/2C9H12.3C6H6O.3C2H6.2CH4O.CH4/c2*1-8(2)9-6-4-3-5-7-9;3*7-6-4-2-1-3-5-6;5*1-2;/h2*3-8H,1-2H3;3*1-5,7H;3*1-2H3;2*2H,1H3;1H4. The van der Waals surface area contributed by atoms with Gasteiger partial charge in [-0.2, -0.15) is 0 Å². The topological polar surface area (TPSA) is 101 Å². The number of benzene rings is 5. The molecule has 0 bridgehead atoms. The van der Waals surface area contributed by atoms with E-state index < -0.39 is 0 Å². The summed E-state index contributed by atoms with van der Waals surface area (Å²) in [5.74, 6) is 2.28. The second-order valence-electron chi connectivity index (χ2n) is 9.14. The number of hydrogen-bond donors (Lipinski definition) is 5. The maximum absolute atomic E-state index is 8.63. The summed E-state index contributed by atoms with van der Waals surface area (Å²) in [6.45, 7) is 20.8. The van der Waals surface area contributed by atoms with E-state index in [1.165, 1.54) is 11.1 Å². The van der Waals surface area contributed by atoms with Crippen molar-refractivity contribution in [2.24, 2.45) is 0 Å². The zero-order valence-electron chi connectivity index (χ0n) is 32.3. The van der Waals surface area contributed by atoms with E-state index in [2.05, 4.69) is 76.2 Å². The normalized spacial score (nSPS) is 7.84. The van der Waals surface area contributed by atoms with Crippen LogP contribution in [-0.2, 0) is 0 Å². The lowest BCUT2D eigenvalue weighted by atomic mass is 10.0. The third kappa shape index (κ3) is 41.4. The zero-order chi connectivity index (χ0) is 38.7. The van der Waals surface area contributed by atoms with Crippen LogP contribution in [0, 0.1) is 0 Å². The van der Waals surface area contributed by atoms with Gasteiger partial charge in [-0.25, -0.2) is 0 Å². The van der Waals surface area contributed by atoms with Crippen LogP contribution in [-0.4, -0.2) is 39.8 Å². The van der Waals surface area contributed by atoms with Crippen LogP contribution in [0.15, 0.2) is 152 Å². The average molecular weight is 693 g/mol. The fourth-order valence-electron chi connectivity index (χ4n) is 2.96. The molecule has 5 aromatic carbocycles. The summed E-state index contributed by atoms with van der Waals surface area (Å²) in [7, 11) is 2.00. The molecule has 0 aliphatic heterocycles. The lowest BCUT2D eigenvalue weighted by Gasteiger charge is -2.01. The highest BCUT2D eigenvalue weighted by atomic mass is 16.3. The van der Waals surface area contributed by atoms with Gasteiger partial charge >= 0.3 is 0 Å². The van der Waals surface area contributed by atoms with E-state index in [-0.39, 0.29) is 7.43 Å². The third-order valence-electron chi connectivity index (χ3n) is 5.20. The highest BCUT2D eigenvalue weighted by Gasteiger charge is 1.94. The Morgan fingerprint density at radius 2 is 0.440 bits per heavy atom. The molecule has 0 unspecified atom stereocenters. The van der Waals surface area contributed by atoms with Crippen LogP contribution >= 0.6 is 0 Å². The second kappa shape index (κ2) is 48.8. The maximum Gasteiger partial charge on any atom is 0.115 e. The first kappa shape index (κ1) is 57.7. The minimum absolute atomic E-state index is 0. The van der Waals surface area contributed by atoms with Gasteiger partial charge in [0.2, 0.25) is 0 Å². The Balaban J connectivity index is -0.000000113. The van der Waals surface area contributed by atoms with E-state index in [0.29, 0.717) is 29.1 Å². The van der Waals surface area contributed by atoms with Gasteiger partial charge < -0.3 is 25.5 Å². The zero-order valence-corrected chi connectivity index (χ0v) is 32.3. The van der Waals surface area contributed by atoms with E-state index in [9.17, 15) is 0 Å². The number of phenols is 3. The number of para-hydroxylation sites is 3. The van der Waals surface area contributed by atoms with Crippen LogP contribution in [0.2, 0.25) is 0 Å². The number of aromatic hydroxyl groups is 3. The van der Waals surface area contributed by atoms with Gasteiger partial charge in [0.15, 0.2) is 0 Å². The number of aliphatic hydroxyl groups excluding tert-OH is 2. The highest BCUT2D eigenvalue weighted by Crippen LogP contribution is 2.12. The van der Waals surface area contributed by atoms with Crippen LogP contribution < -0.4 is 0 Å². The average Bonchev–Trinajstić information content (AvgIpc) is 3.18. The monoisotopic (exact) mass is 693 g/mol. The Kier molecular flexibility index (Phi) is 56.3. The van der Waals surface area contributed by atoms with Crippen molar-refractivity contribution in [2.75, 3.05) is 14.2 Å². The van der Waals surface area contributed by atoms with Gasteiger partial charge in [-0.1, -0.05) is 192 Å². The van der Waals surface area contributed by atoms with Gasteiger partial charge in [-0.3, -0.25) is 0 Å². The van der Waals surface area contributed by atoms with Crippen LogP contribution in [0.1, 0.15) is 99.6 Å². The molecule has 0 aliphatic rings. The molecule has 5 heteroatoms. The molecule has 282 valence electrons. The Hall–Kier alpha value is -4.58. The van der Waals surface area contributed by atoms with Crippen molar-refractivity contribution >= 4 is 0 Å². The summed E-state index contributed by atoms with van der Waals surface area (Å²) in [6, 6.07) is 47.2. The summed E-state index contributed by atoms with van der Waals surface area (Å²) in [4.78, 5) is 0. The molecule has 0 atom stereocenters. The maximum atomic E-state index is 8.63. The largest absolute Gasteiger partial charge is 0.508 e. The number of hydrogen-bond acceptors (Lipinski definition) is 5. The number of rotatable bonds is 2. The molecule has 0 spiro atoms. The molecular formula is C45H72O5. The summed E-state index contributed by atoms with van der Waals surface area (Å²) in [5.41, 5.74) is 2.83. The van der Waals surface area contributed by atoms with Crippen molar-refractivity contribution < 1.29 is 25.5 Å². The van der Waals surface area contributed by atoms with Crippen LogP contribution in [0.5, 0.6) is 17.2 Å². The van der Waals surface area contributed by atoms with Gasteiger partial charge in [-0.05, 0) is 59.4 Å². The lowest BCUT2D eigenvalue weighted by Crippen LogP contribution is -1.83. The molecule has 0 aliphatic carbocycles. The summed E-state index contributed by atoms with van der Waals surface area (Å²) in [6.07, 6.45) is 0. The molecule has 0 heterocycles. The first-order valence-corrected chi connectivity index (χ1v) is 17.0. The molecule has 0 saturated heterocycles. The fourth-order valence-corrected chi connectivity index (χ4v) is 2.96. The molecule has 0 aromatic heterocycles. The minimum atomic E-state index is 0. The first-order chi connectivity index (χ1) is 23.8. The summed E-state index contributed by atoms with van der Waals surface area (Å²) < 4.78 is 0. The van der Waals surface area contributed by atoms with E-state index in [1.807, 2.05) is 71.9 Å². The second-order valence-corrected chi connectivity index (χ2v) is 9.14. The minimum Gasteiger partial charge on any atom is -0.508 e. The summed E-state index contributed by atoms with van der Waals surface area (Å²) >= 11 is 0. The van der Waals surface area contributed by atoms with E-state index in [4.69, 9.17) is 25.5 Å². The van der Waals surface area contributed by atoms with Gasteiger partial charge in [0.25, 0.3) is 0 Å². The van der Waals surface area contributed by atoms with Crippen LogP contribution in [0.25, 0.3) is 0 Å². The van der Waals surface area contributed by atoms with Crippen molar-refractivity contribution in [3.63, 3.8) is 0 Å². The molecule has 5 nitrogen and oxygen atoms in total. The summed E-state index contributed by atoms with van der Waals surface area (Å²) in [5, 5.41) is 39.9. The Labute approximate surface area is 307 Å².